The number of rotatable bonds is 4. The van der Waals surface area contributed by atoms with E-state index in [1.165, 1.54) is 0 Å². The summed E-state index contributed by atoms with van der Waals surface area (Å²) in [5, 5.41) is 6.48. The molecule has 90 valence electrons. The molecule has 0 aliphatic heterocycles. The molecule has 0 bridgehead atoms. The van der Waals surface area contributed by atoms with Crippen LogP contribution in [-0.2, 0) is 6.42 Å². The minimum Gasteiger partial charge on any atom is -0.397 e. The Morgan fingerprint density at radius 1 is 1.29 bits per heavy atom. The molecule has 2 aromatic heterocycles. The number of thiazole rings is 1. The molecule has 0 fully saturated rings. The zero-order valence-corrected chi connectivity index (χ0v) is 10.8. The third-order valence-electron chi connectivity index (χ3n) is 2.48. The summed E-state index contributed by atoms with van der Waals surface area (Å²) in [5.41, 5.74) is 8.43. The van der Waals surface area contributed by atoms with E-state index in [9.17, 15) is 0 Å². The highest BCUT2D eigenvalue weighted by Gasteiger charge is 2.00. The SMILES string of the molecule is Cc1nc(CCNc2ccc(N)c(C)n2)cs1. The molecular weight excluding hydrogens is 232 g/mol. The number of nitrogens with zero attached hydrogens (tertiary/aromatic N) is 2. The molecule has 17 heavy (non-hydrogen) atoms. The van der Waals surface area contributed by atoms with E-state index < -0.39 is 0 Å². The fourth-order valence-corrected chi connectivity index (χ4v) is 2.16. The maximum absolute atomic E-state index is 5.71. The van der Waals surface area contributed by atoms with Gasteiger partial charge in [-0.05, 0) is 26.0 Å². The molecule has 0 aliphatic rings. The van der Waals surface area contributed by atoms with Crippen LogP contribution in [0.25, 0.3) is 0 Å². The number of nitrogens with one attached hydrogen (secondary N) is 1. The monoisotopic (exact) mass is 248 g/mol. The second kappa shape index (κ2) is 5.14. The highest BCUT2D eigenvalue weighted by atomic mass is 32.1. The number of aryl methyl sites for hydroxylation is 2. The van der Waals surface area contributed by atoms with E-state index in [1.54, 1.807) is 11.3 Å². The van der Waals surface area contributed by atoms with Crippen molar-refractivity contribution in [2.24, 2.45) is 0 Å². The standard InChI is InChI=1S/C12H16N4S/c1-8-11(13)3-4-12(15-8)14-6-5-10-7-17-9(2)16-10/h3-4,7H,5-6,13H2,1-2H3,(H,14,15). The molecule has 0 atom stereocenters. The van der Waals surface area contributed by atoms with Gasteiger partial charge in [-0.25, -0.2) is 9.97 Å². The molecule has 2 heterocycles. The number of pyridine rings is 1. The highest BCUT2D eigenvalue weighted by Crippen LogP contribution is 2.12. The average Bonchev–Trinajstić information content (AvgIpc) is 2.70. The third kappa shape index (κ3) is 3.17. The average molecular weight is 248 g/mol. The zero-order chi connectivity index (χ0) is 12.3. The Balaban J connectivity index is 1.87. The van der Waals surface area contributed by atoms with Crippen LogP contribution in [0.1, 0.15) is 16.4 Å². The number of nitrogens with two attached hydrogens (primary N) is 1. The molecule has 0 spiro atoms. The van der Waals surface area contributed by atoms with Crippen molar-refractivity contribution < 1.29 is 0 Å². The molecule has 0 unspecified atom stereocenters. The Morgan fingerprint density at radius 2 is 2.12 bits per heavy atom. The molecule has 0 aliphatic carbocycles. The lowest BCUT2D eigenvalue weighted by Crippen LogP contribution is -2.07. The van der Waals surface area contributed by atoms with Gasteiger partial charge in [0.25, 0.3) is 0 Å². The highest BCUT2D eigenvalue weighted by molar-refractivity contribution is 7.09. The Labute approximate surface area is 105 Å². The first-order valence-corrected chi connectivity index (χ1v) is 6.41. The van der Waals surface area contributed by atoms with Gasteiger partial charge in [0.1, 0.15) is 5.82 Å². The summed E-state index contributed by atoms with van der Waals surface area (Å²) < 4.78 is 0. The first-order chi connectivity index (χ1) is 8.15. The van der Waals surface area contributed by atoms with E-state index in [0.29, 0.717) is 0 Å². The summed E-state index contributed by atoms with van der Waals surface area (Å²) >= 11 is 1.68. The summed E-state index contributed by atoms with van der Waals surface area (Å²) in [6, 6.07) is 3.77. The van der Waals surface area contributed by atoms with Crippen molar-refractivity contribution in [3.05, 3.63) is 33.9 Å². The largest absolute Gasteiger partial charge is 0.397 e. The molecule has 5 heteroatoms. The van der Waals surface area contributed by atoms with Crippen LogP contribution in [0.3, 0.4) is 0 Å². The molecule has 2 aromatic rings. The molecule has 0 saturated carbocycles. The van der Waals surface area contributed by atoms with Crippen LogP contribution in [-0.4, -0.2) is 16.5 Å². The van der Waals surface area contributed by atoms with Crippen LogP contribution < -0.4 is 11.1 Å². The van der Waals surface area contributed by atoms with Gasteiger partial charge in [0, 0.05) is 18.3 Å². The van der Waals surface area contributed by atoms with E-state index in [4.69, 9.17) is 5.73 Å². The van der Waals surface area contributed by atoms with Crippen LogP contribution in [0.15, 0.2) is 17.5 Å². The maximum Gasteiger partial charge on any atom is 0.126 e. The minimum atomic E-state index is 0.727. The van der Waals surface area contributed by atoms with Gasteiger partial charge in [-0.15, -0.1) is 11.3 Å². The lowest BCUT2D eigenvalue weighted by Gasteiger charge is -2.06. The summed E-state index contributed by atoms with van der Waals surface area (Å²) in [4.78, 5) is 8.77. The topological polar surface area (TPSA) is 63.8 Å². The van der Waals surface area contributed by atoms with Gasteiger partial charge in [0.05, 0.1) is 22.1 Å². The Bertz CT molecular complexity index is 507. The molecule has 2 rings (SSSR count). The molecule has 3 N–H and O–H groups in total. The normalized spacial score (nSPS) is 10.5. The first-order valence-electron chi connectivity index (χ1n) is 5.53. The van der Waals surface area contributed by atoms with Gasteiger partial charge < -0.3 is 11.1 Å². The number of nitrogen functional groups attached to an aromatic ring is 1. The smallest absolute Gasteiger partial charge is 0.126 e. The van der Waals surface area contributed by atoms with Crippen LogP contribution in [0.5, 0.6) is 0 Å². The van der Waals surface area contributed by atoms with Crippen LogP contribution >= 0.6 is 11.3 Å². The lowest BCUT2D eigenvalue weighted by atomic mass is 10.3. The summed E-state index contributed by atoms with van der Waals surface area (Å²) in [7, 11) is 0. The van der Waals surface area contributed by atoms with Crippen molar-refractivity contribution in [2.75, 3.05) is 17.6 Å². The molecule has 4 nitrogen and oxygen atoms in total. The molecule has 0 radical (unpaired) electrons. The van der Waals surface area contributed by atoms with Crippen molar-refractivity contribution >= 4 is 22.8 Å². The summed E-state index contributed by atoms with van der Waals surface area (Å²) in [6.45, 7) is 4.76. The van der Waals surface area contributed by atoms with Gasteiger partial charge in [-0.2, -0.15) is 0 Å². The van der Waals surface area contributed by atoms with Gasteiger partial charge in [-0.3, -0.25) is 0 Å². The van der Waals surface area contributed by atoms with E-state index >= 15 is 0 Å². The number of aromatic nitrogens is 2. The lowest BCUT2D eigenvalue weighted by molar-refractivity contribution is 0.958. The number of hydrogen-bond acceptors (Lipinski definition) is 5. The zero-order valence-electron chi connectivity index (χ0n) is 10.0. The Hall–Kier alpha value is -1.62. The van der Waals surface area contributed by atoms with Crippen molar-refractivity contribution in [2.45, 2.75) is 20.3 Å². The van der Waals surface area contributed by atoms with E-state index in [2.05, 4.69) is 20.7 Å². The molecule has 0 saturated heterocycles. The third-order valence-corrected chi connectivity index (χ3v) is 3.30. The Kier molecular flexibility index (Phi) is 3.58. The van der Waals surface area contributed by atoms with E-state index in [1.807, 2.05) is 26.0 Å². The predicted octanol–water partition coefficient (Wildman–Crippen LogP) is 2.39. The number of anilines is 2. The number of hydrogen-bond donors (Lipinski definition) is 2. The first kappa shape index (κ1) is 11.9. The van der Waals surface area contributed by atoms with Crippen LogP contribution in [0.2, 0.25) is 0 Å². The second-order valence-electron chi connectivity index (χ2n) is 3.91. The van der Waals surface area contributed by atoms with E-state index in [-0.39, 0.29) is 0 Å². The van der Waals surface area contributed by atoms with Gasteiger partial charge in [-0.1, -0.05) is 0 Å². The maximum atomic E-state index is 5.71. The summed E-state index contributed by atoms with van der Waals surface area (Å²) in [5.74, 6) is 0.864. The Morgan fingerprint density at radius 3 is 2.76 bits per heavy atom. The van der Waals surface area contributed by atoms with Crippen LogP contribution in [0, 0.1) is 13.8 Å². The molecular formula is C12H16N4S. The van der Waals surface area contributed by atoms with E-state index in [0.717, 1.165) is 40.9 Å². The molecule has 0 aromatic carbocycles. The van der Waals surface area contributed by atoms with Crippen LogP contribution in [0.4, 0.5) is 11.5 Å². The fraction of sp³-hybridized carbons (Fsp3) is 0.333. The second-order valence-corrected chi connectivity index (χ2v) is 4.97. The van der Waals surface area contributed by atoms with Crippen molar-refractivity contribution in [3.63, 3.8) is 0 Å². The van der Waals surface area contributed by atoms with Gasteiger partial charge in [0.2, 0.25) is 0 Å². The fourth-order valence-electron chi connectivity index (χ4n) is 1.51. The van der Waals surface area contributed by atoms with Crippen molar-refractivity contribution in [3.8, 4) is 0 Å². The molecule has 0 amide bonds. The predicted molar refractivity (Wildman–Crippen MR) is 72.4 cm³/mol. The van der Waals surface area contributed by atoms with Gasteiger partial charge >= 0.3 is 0 Å². The van der Waals surface area contributed by atoms with Crippen molar-refractivity contribution in [1.82, 2.24) is 9.97 Å². The van der Waals surface area contributed by atoms with Gasteiger partial charge in [0.15, 0.2) is 0 Å². The minimum absolute atomic E-state index is 0.727. The summed E-state index contributed by atoms with van der Waals surface area (Å²) in [6.07, 6.45) is 0.912. The van der Waals surface area contributed by atoms with Crippen molar-refractivity contribution in [1.29, 1.82) is 0 Å². The quantitative estimate of drug-likeness (QED) is 0.872.